The zero-order valence-electron chi connectivity index (χ0n) is 15.6. The SMILES string of the molecule is Cc1cc(C(=O)C[C@H](CN(C)C)c2ccccc2)ccc1-c1cn[nH]c1. The molecule has 1 atom stereocenters. The molecule has 0 radical (unpaired) electrons. The number of benzene rings is 2. The van der Waals surface area contributed by atoms with Crippen molar-refractivity contribution in [3.05, 3.63) is 77.6 Å². The molecule has 0 aliphatic rings. The number of Topliss-reactive ketones (excluding diaryl/α,β-unsaturated/α-hetero) is 1. The van der Waals surface area contributed by atoms with Crippen LogP contribution in [0.3, 0.4) is 0 Å². The standard InChI is InChI=1S/C22H25N3O/c1-16-11-18(9-10-21(16)20-13-23-24-14-20)22(26)12-19(15-25(2)3)17-7-5-4-6-8-17/h4-11,13-14,19H,12,15H2,1-3H3,(H,23,24)/t19-/m1/s1. The number of aromatic nitrogens is 2. The Balaban J connectivity index is 1.80. The highest BCUT2D eigenvalue weighted by Crippen LogP contribution is 2.26. The summed E-state index contributed by atoms with van der Waals surface area (Å²) in [5.41, 5.74) is 5.20. The predicted molar refractivity (Wildman–Crippen MR) is 105 cm³/mol. The molecule has 4 nitrogen and oxygen atoms in total. The number of aromatic amines is 1. The number of hydrogen-bond donors (Lipinski definition) is 1. The highest BCUT2D eigenvalue weighted by Gasteiger charge is 2.18. The van der Waals surface area contributed by atoms with Crippen molar-refractivity contribution in [2.45, 2.75) is 19.3 Å². The predicted octanol–water partition coefficient (Wildman–Crippen LogP) is 4.30. The first kappa shape index (κ1) is 18.1. The van der Waals surface area contributed by atoms with Gasteiger partial charge < -0.3 is 4.90 Å². The third-order valence-electron chi connectivity index (χ3n) is 4.65. The summed E-state index contributed by atoms with van der Waals surface area (Å²) in [4.78, 5) is 15.1. The molecule has 0 aliphatic carbocycles. The molecule has 0 fully saturated rings. The lowest BCUT2D eigenvalue weighted by Gasteiger charge is -2.21. The van der Waals surface area contributed by atoms with E-state index < -0.39 is 0 Å². The largest absolute Gasteiger partial charge is 0.309 e. The quantitative estimate of drug-likeness (QED) is 0.648. The molecule has 26 heavy (non-hydrogen) atoms. The van der Waals surface area contributed by atoms with Gasteiger partial charge in [0.1, 0.15) is 0 Å². The number of carbonyl (C=O) groups excluding carboxylic acids is 1. The fraction of sp³-hybridized carbons (Fsp3) is 0.273. The van der Waals surface area contributed by atoms with Crippen LogP contribution in [0.5, 0.6) is 0 Å². The summed E-state index contributed by atoms with van der Waals surface area (Å²) in [5.74, 6) is 0.370. The van der Waals surface area contributed by atoms with Gasteiger partial charge >= 0.3 is 0 Å². The van der Waals surface area contributed by atoms with Crippen molar-refractivity contribution >= 4 is 5.78 Å². The van der Waals surface area contributed by atoms with Crippen LogP contribution in [0, 0.1) is 6.92 Å². The number of carbonyl (C=O) groups is 1. The Morgan fingerprint density at radius 3 is 2.54 bits per heavy atom. The van der Waals surface area contributed by atoms with E-state index in [4.69, 9.17) is 0 Å². The third-order valence-corrected chi connectivity index (χ3v) is 4.65. The fourth-order valence-corrected chi connectivity index (χ4v) is 3.35. The van der Waals surface area contributed by atoms with Crippen molar-refractivity contribution in [3.8, 4) is 11.1 Å². The minimum Gasteiger partial charge on any atom is -0.309 e. The van der Waals surface area contributed by atoms with E-state index in [0.717, 1.165) is 28.8 Å². The Kier molecular flexibility index (Phi) is 5.64. The fourth-order valence-electron chi connectivity index (χ4n) is 3.35. The number of nitrogens with one attached hydrogen (secondary N) is 1. The molecule has 0 aliphatic heterocycles. The van der Waals surface area contributed by atoms with Crippen LogP contribution >= 0.6 is 0 Å². The zero-order valence-corrected chi connectivity index (χ0v) is 15.6. The summed E-state index contributed by atoms with van der Waals surface area (Å²) in [5, 5.41) is 6.83. The molecule has 2 aromatic carbocycles. The van der Waals surface area contributed by atoms with Crippen LogP contribution in [-0.4, -0.2) is 41.5 Å². The molecule has 0 amide bonds. The summed E-state index contributed by atoms with van der Waals surface area (Å²) in [6.45, 7) is 2.88. The van der Waals surface area contributed by atoms with E-state index in [1.807, 2.05) is 63.6 Å². The molecule has 1 aromatic heterocycles. The number of nitrogens with zero attached hydrogens (tertiary/aromatic N) is 2. The molecule has 1 heterocycles. The van der Waals surface area contributed by atoms with E-state index in [9.17, 15) is 4.79 Å². The van der Waals surface area contributed by atoms with Crippen molar-refractivity contribution in [3.63, 3.8) is 0 Å². The Morgan fingerprint density at radius 1 is 1.15 bits per heavy atom. The van der Waals surface area contributed by atoms with Gasteiger partial charge in [0.05, 0.1) is 6.20 Å². The molecule has 134 valence electrons. The lowest BCUT2D eigenvalue weighted by Crippen LogP contribution is -2.22. The molecule has 3 rings (SSSR count). The Bertz CT molecular complexity index is 854. The Hall–Kier alpha value is -2.72. The molecule has 0 saturated carbocycles. The molecule has 0 saturated heterocycles. The van der Waals surface area contributed by atoms with Crippen LogP contribution in [0.2, 0.25) is 0 Å². The number of likely N-dealkylation sites (N-methyl/N-ethyl adjacent to an activating group) is 1. The van der Waals surface area contributed by atoms with E-state index in [2.05, 4.69) is 27.2 Å². The maximum absolute atomic E-state index is 12.9. The molecule has 0 bridgehead atoms. The average molecular weight is 347 g/mol. The minimum atomic E-state index is 0.183. The van der Waals surface area contributed by atoms with Crippen LogP contribution in [0.25, 0.3) is 11.1 Å². The molecular weight excluding hydrogens is 322 g/mol. The van der Waals surface area contributed by atoms with Crippen molar-refractivity contribution in [1.29, 1.82) is 0 Å². The second-order valence-electron chi connectivity index (χ2n) is 7.01. The maximum Gasteiger partial charge on any atom is 0.163 e. The topological polar surface area (TPSA) is 49.0 Å². The van der Waals surface area contributed by atoms with Gasteiger partial charge in [-0.2, -0.15) is 5.10 Å². The van der Waals surface area contributed by atoms with Crippen LogP contribution in [0.15, 0.2) is 60.9 Å². The highest BCUT2D eigenvalue weighted by molar-refractivity contribution is 5.97. The number of hydrogen-bond acceptors (Lipinski definition) is 3. The second-order valence-corrected chi connectivity index (χ2v) is 7.01. The maximum atomic E-state index is 12.9. The van der Waals surface area contributed by atoms with Crippen LogP contribution in [-0.2, 0) is 0 Å². The van der Waals surface area contributed by atoms with Gasteiger partial charge in [-0.25, -0.2) is 0 Å². The van der Waals surface area contributed by atoms with Gasteiger partial charge in [0.15, 0.2) is 5.78 Å². The lowest BCUT2D eigenvalue weighted by atomic mass is 9.90. The van der Waals surface area contributed by atoms with Gasteiger partial charge in [0.2, 0.25) is 0 Å². The zero-order chi connectivity index (χ0) is 18.5. The lowest BCUT2D eigenvalue weighted by molar-refractivity contribution is 0.0969. The van der Waals surface area contributed by atoms with Crippen LogP contribution in [0.1, 0.15) is 33.8 Å². The number of aryl methyl sites for hydroxylation is 1. The minimum absolute atomic E-state index is 0.183. The summed E-state index contributed by atoms with van der Waals surface area (Å²) in [6.07, 6.45) is 4.17. The number of rotatable bonds is 7. The summed E-state index contributed by atoms with van der Waals surface area (Å²) in [7, 11) is 4.09. The van der Waals surface area contributed by atoms with Gasteiger partial charge in [-0.15, -0.1) is 0 Å². The molecule has 0 unspecified atom stereocenters. The van der Waals surface area contributed by atoms with E-state index in [0.29, 0.717) is 6.42 Å². The number of ketones is 1. The summed E-state index contributed by atoms with van der Waals surface area (Å²) < 4.78 is 0. The number of H-pyrrole nitrogens is 1. The molecule has 4 heteroatoms. The van der Waals surface area contributed by atoms with E-state index in [-0.39, 0.29) is 11.7 Å². The highest BCUT2D eigenvalue weighted by atomic mass is 16.1. The summed E-state index contributed by atoms with van der Waals surface area (Å²) >= 11 is 0. The van der Waals surface area contributed by atoms with E-state index in [1.165, 1.54) is 5.56 Å². The normalized spacial score (nSPS) is 12.3. The van der Waals surface area contributed by atoms with Gasteiger partial charge in [-0.05, 0) is 43.8 Å². The Labute approximate surface area is 154 Å². The van der Waals surface area contributed by atoms with Crippen molar-refractivity contribution in [1.82, 2.24) is 15.1 Å². The second kappa shape index (κ2) is 8.11. The van der Waals surface area contributed by atoms with E-state index in [1.54, 1.807) is 6.20 Å². The first-order chi connectivity index (χ1) is 12.5. The van der Waals surface area contributed by atoms with Crippen molar-refractivity contribution in [2.24, 2.45) is 0 Å². The van der Waals surface area contributed by atoms with Crippen molar-refractivity contribution in [2.75, 3.05) is 20.6 Å². The molecular formula is C22H25N3O. The van der Waals surface area contributed by atoms with E-state index >= 15 is 0 Å². The van der Waals surface area contributed by atoms with Gasteiger partial charge in [-0.3, -0.25) is 9.89 Å². The van der Waals surface area contributed by atoms with Gasteiger partial charge in [0, 0.05) is 36.2 Å². The van der Waals surface area contributed by atoms with Crippen LogP contribution < -0.4 is 0 Å². The molecule has 3 aromatic rings. The molecule has 0 spiro atoms. The third kappa shape index (κ3) is 4.27. The molecule has 1 N–H and O–H groups in total. The van der Waals surface area contributed by atoms with Gasteiger partial charge in [-0.1, -0.05) is 42.5 Å². The van der Waals surface area contributed by atoms with Crippen molar-refractivity contribution < 1.29 is 4.79 Å². The first-order valence-electron chi connectivity index (χ1n) is 8.87. The van der Waals surface area contributed by atoms with Crippen LogP contribution in [0.4, 0.5) is 0 Å². The average Bonchev–Trinajstić information content (AvgIpc) is 3.15. The first-order valence-corrected chi connectivity index (χ1v) is 8.87. The smallest absolute Gasteiger partial charge is 0.163 e. The summed E-state index contributed by atoms with van der Waals surface area (Å²) in [6, 6.07) is 16.2. The Morgan fingerprint density at radius 2 is 1.92 bits per heavy atom. The monoisotopic (exact) mass is 347 g/mol. The van der Waals surface area contributed by atoms with Gasteiger partial charge in [0.25, 0.3) is 0 Å².